The van der Waals surface area contributed by atoms with Gasteiger partial charge in [0.05, 0.1) is 35.1 Å². The van der Waals surface area contributed by atoms with Crippen molar-refractivity contribution >= 4 is 22.0 Å². The van der Waals surface area contributed by atoms with Crippen LogP contribution in [0.4, 0.5) is 0 Å². The highest BCUT2D eigenvalue weighted by Gasteiger charge is 2.22. The highest BCUT2D eigenvalue weighted by Crippen LogP contribution is 2.32. The predicted molar refractivity (Wildman–Crippen MR) is 119 cm³/mol. The first-order valence-electron chi connectivity index (χ1n) is 10.5. The normalized spacial score (nSPS) is 11.8. The maximum absolute atomic E-state index is 13.5. The van der Waals surface area contributed by atoms with Gasteiger partial charge in [-0.1, -0.05) is 19.1 Å². The molecule has 0 bridgehead atoms. The molecule has 0 amide bonds. The van der Waals surface area contributed by atoms with Gasteiger partial charge in [-0.15, -0.1) is 0 Å². The van der Waals surface area contributed by atoms with Gasteiger partial charge < -0.3 is 19.0 Å². The van der Waals surface area contributed by atoms with Crippen molar-refractivity contribution in [1.82, 2.24) is 9.55 Å². The molecule has 6 nitrogen and oxygen atoms in total. The number of fused-ring (bicyclic) bond motifs is 2. The van der Waals surface area contributed by atoms with Gasteiger partial charge in [-0.3, -0.25) is 4.79 Å². The molecule has 0 aliphatic rings. The minimum Gasteiger partial charge on any atom is -0.507 e. The number of nitrogens with zero attached hydrogens (tertiary/aromatic N) is 2. The molecule has 30 heavy (non-hydrogen) atoms. The van der Waals surface area contributed by atoms with E-state index >= 15 is 0 Å². The summed E-state index contributed by atoms with van der Waals surface area (Å²) in [5.41, 5.74) is 4.03. The fraction of sp³-hybridized carbons (Fsp3) is 0.333. The van der Waals surface area contributed by atoms with E-state index in [1.165, 1.54) is 11.2 Å². The number of rotatable bonds is 6. The van der Waals surface area contributed by atoms with E-state index < -0.39 is 0 Å². The number of imidazole rings is 1. The van der Waals surface area contributed by atoms with Gasteiger partial charge in [0.15, 0.2) is 0 Å². The van der Waals surface area contributed by atoms with Crippen LogP contribution in [0.5, 0.6) is 5.75 Å². The van der Waals surface area contributed by atoms with Gasteiger partial charge >= 0.3 is 0 Å². The number of aromatic hydroxyl groups is 1. The van der Waals surface area contributed by atoms with Gasteiger partial charge in [0.25, 0.3) is 0 Å². The maximum Gasteiger partial charge on any atom is 0.203 e. The minimum atomic E-state index is -0.125. The molecule has 0 atom stereocenters. The molecule has 0 aliphatic heterocycles. The second-order valence-electron chi connectivity index (χ2n) is 7.69. The van der Waals surface area contributed by atoms with Crippen LogP contribution in [0.25, 0.3) is 33.4 Å². The number of hydrogen-bond donors (Lipinski definition) is 2. The number of hydrogen-bond acceptors (Lipinski definition) is 4. The first kappa shape index (κ1) is 20.2. The Bertz CT molecular complexity index is 1280. The summed E-state index contributed by atoms with van der Waals surface area (Å²) in [4.78, 5) is 19.5. The summed E-state index contributed by atoms with van der Waals surface area (Å²) in [6.45, 7) is 8.67. The molecule has 2 aromatic carbocycles. The number of nitrogens with one attached hydrogen (secondary N) is 1. The fourth-order valence-electron chi connectivity index (χ4n) is 4.12. The minimum absolute atomic E-state index is 0.125. The van der Waals surface area contributed by atoms with Gasteiger partial charge in [-0.25, -0.2) is 4.98 Å². The number of benzene rings is 2. The number of aryl methyl sites for hydroxylation is 2. The lowest BCUT2D eigenvalue weighted by atomic mass is 10.0. The van der Waals surface area contributed by atoms with Gasteiger partial charge in [-0.05, 0) is 44.0 Å². The van der Waals surface area contributed by atoms with Crippen molar-refractivity contribution in [3.8, 4) is 17.1 Å². The van der Waals surface area contributed by atoms with Gasteiger partial charge in [0, 0.05) is 7.05 Å². The average molecular weight is 407 g/mol. The number of para-hydroxylation sites is 2. The van der Waals surface area contributed by atoms with Crippen LogP contribution in [-0.4, -0.2) is 27.7 Å². The Labute approximate surface area is 175 Å². The Kier molecular flexibility index (Phi) is 5.35. The zero-order chi connectivity index (χ0) is 21.4. The van der Waals surface area contributed by atoms with Crippen LogP contribution in [0.3, 0.4) is 0 Å². The van der Waals surface area contributed by atoms with Crippen LogP contribution in [0, 0.1) is 0 Å². The Morgan fingerprint density at radius 3 is 2.57 bits per heavy atom. The summed E-state index contributed by atoms with van der Waals surface area (Å²) >= 11 is 0. The van der Waals surface area contributed by atoms with Crippen molar-refractivity contribution in [3.63, 3.8) is 0 Å². The monoisotopic (exact) mass is 406 g/mol. The molecule has 0 unspecified atom stereocenters. The van der Waals surface area contributed by atoms with Crippen molar-refractivity contribution in [2.45, 2.75) is 33.7 Å². The Morgan fingerprint density at radius 1 is 1.17 bits per heavy atom. The third-order valence-corrected chi connectivity index (χ3v) is 6.05. The first-order chi connectivity index (χ1) is 14.5. The van der Waals surface area contributed by atoms with Crippen molar-refractivity contribution in [1.29, 1.82) is 0 Å². The maximum atomic E-state index is 13.5. The zero-order valence-electron chi connectivity index (χ0n) is 18.0. The number of phenolic OH excluding ortho intramolecular Hbond substituents is 1. The molecule has 0 aliphatic carbocycles. The van der Waals surface area contributed by atoms with E-state index in [2.05, 4.69) is 18.8 Å². The molecular weight excluding hydrogens is 378 g/mol. The number of quaternary nitrogens is 1. The number of aromatic nitrogens is 2. The zero-order valence-corrected chi connectivity index (χ0v) is 18.0. The standard InChI is InChI=1S/C24H27N3O3/c1-5-15-12-16-22(29)18(24-25-19-10-8-9-11-20(19)26(24)4)14-30-23(16)17(21(15)28)13-27(6-2)7-3/h8-12,14,28H,5-7,13H2,1-4H3/p+1. The molecular formula is C24H28N3O3+. The SMILES string of the molecule is CCc1cc2c(=O)c(-c3nc4ccccc4n3C)coc2c(C[NH+](CC)CC)c1O. The summed E-state index contributed by atoms with van der Waals surface area (Å²) in [5, 5.41) is 11.3. The highest BCUT2D eigenvalue weighted by atomic mass is 16.3. The molecule has 0 spiro atoms. The van der Waals surface area contributed by atoms with Gasteiger partial charge in [0.2, 0.25) is 5.43 Å². The molecule has 6 heteroatoms. The topological polar surface area (TPSA) is 72.7 Å². The predicted octanol–water partition coefficient (Wildman–Crippen LogP) is 3.04. The largest absolute Gasteiger partial charge is 0.507 e. The van der Waals surface area contributed by atoms with Gasteiger partial charge in [0.1, 0.15) is 35.5 Å². The summed E-state index contributed by atoms with van der Waals surface area (Å²) in [6.07, 6.45) is 2.12. The van der Waals surface area contributed by atoms with Crippen molar-refractivity contribution < 1.29 is 14.4 Å². The second kappa shape index (κ2) is 7.95. The van der Waals surface area contributed by atoms with Crippen molar-refractivity contribution in [2.75, 3.05) is 13.1 Å². The lowest BCUT2D eigenvalue weighted by molar-refractivity contribution is -0.910. The lowest BCUT2D eigenvalue weighted by Crippen LogP contribution is -3.10. The highest BCUT2D eigenvalue weighted by molar-refractivity contribution is 5.87. The molecule has 0 fully saturated rings. The third-order valence-electron chi connectivity index (χ3n) is 6.05. The molecule has 0 saturated carbocycles. The second-order valence-corrected chi connectivity index (χ2v) is 7.69. The quantitative estimate of drug-likeness (QED) is 0.516. The van der Waals surface area contributed by atoms with Crippen LogP contribution >= 0.6 is 0 Å². The van der Waals surface area contributed by atoms with E-state index in [-0.39, 0.29) is 11.2 Å². The third kappa shape index (κ3) is 3.17. The van der Waals surface area contributed by atoms with E-state index in [0.29, 0.717) is 40.9 Å². The molecule has 2 aromatic heterocycles. The van der Waals surface area contributed by atoms with E-state index in [9.17, 15) is 9.90 Å². The summed E-state index contributed by atoms with van der Waals surface area (Å²) in [7, 11) is 1.90. The number of phenols is 1. The van der Waals surface area contributed by atoms with E-state index in [0.717, 1.165) is 29.7 Å². The van der Waals surface area contributed by atoms with E-state index in [1.807, 2.05) is 42.8 Å². The van der Waals surface area contributed by atoms with Crippen molar-refractivity contribution in [2.24, 2.45) is 7.05 Å². The Morgan fingerprint density at radius 2 is 1.90 bits per heavy atom. The van der Waals surface area contributed by atoms with Crippen LogP contribution in [0.2, 0.25) is 0 Å². The molecule has 2 N–H and O–H groups in total. The van der Waals surface area contributed by atoms with Crippen LogP contribution < -0.4 is 10.3 Å². The van der Waals surface area contributed by atoms with E-state index in [1.54, 1.807) is 6.07 Å². The molecule has 0 saturated heterocycles. The van der Waals surface area contributed by atoms with E-state index in [4.69, 9.17) is 4.42 Å². The molecule has 156 valence electrons. The molecule has 4 rings (SSSR count). The summed E-state index contributed by atoms with van der Waals surface area (Å²) < 4.78 is 7.92. The fourth-order valence-corrected chi connectivity index (χ4v) is 4.12. The smallest absolute Gasteiger partial charge is 0.203 e. The van der Waals surface area contributed by atoms with Crippen molar-refractivity contribution in [3.05, 3.63) is 57.9 Å². The Hall–Kier alpha value is -3.12. The average Bonchev–Trinajstić information content (AvgIpc) is 3.10. The molecule has 4 aromatic rings. The van der Waals surface area contributed by atoms with Gasteiger partial charge in [-0.2, -0.15) is 0 Å². The summed E-state index contributed by atoms with van der Waals surface area (Å²) in [6, 6.07) is 9.56. The molecule has 2 heterocycles. The van der Waals surface area contributed by atoms with Crippen LogP contribution in [0.1, 0.15) is 31.9 Å². The van der Waals surface area contributed by atoms with Crippen LogP contribution in [-0.2, 0) is 20.0 Å². The Balaban J connectivity index is 1.97. The van der Waals surface area contributed by atoms with Crippen LogP contribution in [0.15, 0.2) is 45.8 Å². The first-order valence-corrected chi connectivity index (χ1v) is 10.5. The summed E-state index contributed by atoms with van der Waals surface area (Å²) in [5.74, 6) is 0.817. The molecule has 0 radical (unpaired) electrons. The lowest BCUT2D eigenvalue weighted by Gasteiger charge is -2.18.